The molecule has 11 heteroatoms. The van der Waals surface area contributed by atoms with Crippen LogP contribution in [0.2, 0.25) is 5.15 Å². The van der Waals surface area contributed by atoms with Gasteiger partial charge in [0.15, 0.2) is 5.69 Å². The lowest BCUT2D eigenvalue weighted by Gasteiger charge is -2.14. The highest BCUT2D eigenvalue weighted by molar-refractivity contribution is 6.32. The molecule has 3 aromatic heterocycles. The van der Waals surface area contributed by atoms with E-state index in [2.05, 4.69) is 19.9 Å². The molecule has 0 bridgehead atoms. The fourth-order valence-electron chi connectivity index (χ4n) is 3.11. The minimum atomic E-state index is -4.59. The summed E-state index contributed by atoms with van der Waals surface area (Å²) in [5.41, 5.74) is 0.317. The number of nitrogens with one attached hydrogen (secondary N) is 1. The Morgan fingerprint density at radius 2 is 1.91 bits per heavy atom. The summed E-state index contributed by atoms with van der Waals surface area (Å²) < 4.78 is 63.4. The van der Waals surface area contributed by atoms with Gasteiger partial charge in [-0.3, -0.25) is 4.98 Å². The van der Waals surface area contributed by atoms with Gasteiger partial charge in [-0.15, -0.1) is 0 Å². The summed E-state index contributed by atoms with van der Waals surface area (Å²) in [4.78, 5) is 14.4. The molecule has 0 atom stereocenters. The van der Waals surface area contributed by atoms with Crippen LogP contribution in [-0.2, 0) is 12.8 Å². The molecule has 0 aliphatic rings. The zero-order chi connectivity index (χ0) is 23.6. The van der Waals surface area contributed by atoms with Gasteiger partial charge in [0.05, 0.1) is 7.11 Å². The number of imidazole rings is 1. The Labute approximate surface area is 190 Å². The van der Waals surface area contributed by atoms with Crippen LogP contribution in [0.5, 0.6) is 11.5 Å². The molecule has 0 amide bonds. The molecule has 170 valence electrons. The van der Waals surface area contributed by atoms with Crippen molar-refractivity contribution < 1.29 is 27.0 Å². The van der Waals surface area contributed by atoms with Crippen molar-refractivity contribution in [2.75, 3.05) is 7.11 Å². The highest BCUT2D eigenvalue weighted by Crippen LogP contribution is 2.37. The molecule has 4 aromatic rings. The zero-order valence-corrected chi connectivity index (χ0v) is 17.7. The van der Waals surface area contributed by atoms with Gasteiger partial charge in [0.2, 0.25) is 5.95 Å². The Morgan fingerprint density at radius 1 is 1.09 bits per heavy atom. The van der Waals surface area contributed by atoms with Crippen LogP contribution in [-0.4, -0.2) is 27.0 Å². The van der Waals surface area contributed by atoms with Gasteiger partial charge in [-0.05, 0) is 30.3 Å². The molecule has 0 saturated heterocycles. The van der Waals surface area contributed by atoms with Gasteiger partial charge in [0.25, 0.3) is 0 Å². The minimum Gasteiger partial charge on any atom is -0.496 e. The minimum absolute atomic E-state index is 0.0964. The molecule has 4 rings (SSSR count). The van der Waals surface area contributed by atoms with Gasteiger partial charge in [0.1, 0.15) is 34.8 Å². The van der Waals surface area contributed by atoms with E-state index in [9.17, 15) is 17.6 Å². The van der Waals surface area contributed by atoms with Crippen molar-refractivity contribution in [1.82, 2.24) is 19.9 Å². The summed E-state index contributed by atoms with van der Waals surface area (Å²) in [6.45, 7) is -0.337. The number of pyridine rings is 2. The third kappa shape index (κ3) is 4.90. The molecule has 0 saturated carbocycles. The van der Waals surface area contributed by atoms with E-state index in [1.165, 1.54) is 43.6 Å². The number of hydrogen-bond donors (Lipinski definition) is 1. The van der Waals surface area contributed by atoms with E-state index in [4.69, 9.17) is 21.1 Å². The van der Waals surface area contributed by atoms with Gasteiger partial charge in [-0.1, -0.05) is 17.7 Å². The van der Waals surface area contributed by atoms with Crippen LogP contribution in [0.15, 0.2) is 54.9 Å². The van der Waals surface area contributed by atoms with Crippen molar-refractivity contribution >= 4 is 11.6 Å². The Morgan fingerprint density at radius 3 is 2.61 bits per heavy atom. The summed E-state index contributed by atoms with van der Waals surface area (Å²) in [5, 5.41) is 0.214. The first-order valence-corrected chi connectivity index (χ1v) is 9.84. The first-order chi connectivity index (χ1) is 15.8. The molecule has 0 aliphatic heterocycles. The van der Waals surface area contributed by atoms with Crippen LogP contribution in [0.3, 0.4) is 0 Å². The van der Waals surface area contributed by atoms with Gasteiger partial charge in [-0.2, -0.15) is 17.6 Å². The first-order valence-electron chi connectivity index (χ1n) is 9.46. The van der Waals surface area contributed by atoms with Gasteiger partial charge in [-0.25, -0.2) is 9.97 Å². The van der Waals surface area contributed by atoms with E-state index in [0.29, 0.717) is 28.4 Å². The van der Waals surface area contributed by atoms with Crippen LogP contribution in [0.25, 0.3) is 22.6 Å². The summed E-state index contributed by atoms with van der Waals surface area (Å²) >= 11 is 6.32. The summed E-state index contributed by atoms with van der Waals surface area (Å²) in [6.07, 6.45) is -2.19. The maximum absolute atomic E-state index is 13.1. The number of aromatic amines is 1. The zero-order valence-electron chi connectivity index (χ0n) is 17.0. The van der Waals surface area contributed by atoms with E-state index in [1.54, 1.807) is 12.1 Å². The van der Waals surface area contributed by atoms with Crippen LogP contribution in [0.4, 0.5) is 17.6 Å². The van der Waals surface area contributed by atoms with E-state index in [-0.39, 0.29) is 23.1 Å². The van der Waals surface area contributed by atoms with Crippen molar-refractivity contribution in [3.05, 3.63) is 77.2 Å². The topological polar surface area (TPSA) is 72.9 Å². The second kappa shape index (κ2) is 9.07. The number of alkyl halides is 3. The quantitative estimate of drug-likeness (QED) is 0.274. The van der Waals surface area contributed by atoms with Crippen molar-refractivity contribution in [1.29, 1.82) is 0 Å². The number of ether oxygens (including phenoxy) is 2. The second-order valence-corrected chi connectivity index (χ2v) is 7.16. The van der Waals surface area contributed by atoms with E-state index in [0.717, 1.165) is 6.20 Å². The Bertz CT molecular complexity index is 1280. The second-order valence-electron chi connectivity index (χ2n) is 6.78. The molecular formula is C22H15ClF4N4O2. The monoisotopic (exact) mass is 478 g/mol. The molecule has 0 spiro atoms. The smallest absolute Gasteiger partial charge is 0.433 e. The largest absolute Gasteiger partial charge is 0.496 e. The molecule has 6 nitrogen and oxygen atoms in total. The van der Waals surface area contributed by atoms with Crippen LogP contribution >= 0.6 is 11.6 Å². The number of methoxy groups -OCH3 is 1. The Balaban J connectivity index is 1.59. The number of nitrogens with zero attached hydrogens (tertiary/aromatic N) is 3. The van der Waals surface area contributed by atoms with E-state index >= 15 is 0 Å². The third-order valence-corrected chi connectivity index (χ3v) is 4.92. The fourth-order valence-corrected chi connectivity index (χ4v) is 3.34. The highest BCUT2D eigenvalue weighted by atomic mass is 35.5. The number of rotatable bonds is 6. The normalized spacial score (nSPS) is 11.5. The van der Waals surface area contributed by atoms with Crippen LogP contribution in [0, 0.1) is 5.95 Å². The van der Waals surface area contributed by atoms with Crippen molar-refractivity contribution in [3.63, 3.8) is 0 Å². The highest BCUT2D eigenvalue weighted by Gasteiger charge is 2.35. The number of halogens is 5. The molecule has 0 radical (unpaired) electrons. The predicted octanol–water partition coefficient (Wildman–Crippen LogP) is 5.93. The molecule has 3 heterocycles. The van der Waals surface area contributed by atoms with Crippen molar-refractivity contribution in [3.8, 4) is 34.1 Å². The molecule has 1 aromatic carbocycles. The van der Waals surface area contributed by atoms with E-state index < -0.39 is 17.8 Å². The van der Waals surface area contributed by atoms with Crippen LogP contribution in [0.1, 0.15) is 11.3 Å². The molecular weight excluding hydrogens is 464 g/mol. The average Bonchev–Trinajstić information content (AvgIpc) is 3.18. The number of aromatic nitrogens is 4. The predicted molar refractivity (Wildman–Crippen MR) is 112 cm³/mol. The first kappa shape index (κ1) is 22.5. The van der Waals surface area contributed by atoms with Gasteiger partial charge < -0.3 is 14.5 Å². The number of hydrogen-bond acceptors (Lipinski definition) is 5. The van der Waals surface area contributed by atoms with Gasteiger partial charge in [0, 0.05) is 35.2 Å². The summed E-state index contributed by atoms with van der Waals surface area (Å²) in [7, 11) is 1.43. The lowest BCUT2D eigenvalue weighted by atomic mass is 10.1. The third-order valence-electron chi connectivity index (χ3n) is 4.64. The van der Waals surface area contributed by atoms with Gasteiger partial charge >= 0.3 is 6.18 Å². The van der Waals surface area contributed by atoms with Crippen molar-refractivity contribution in [2.24, 2.45) is 0 Å². The lowest BCUT2D eigenvalue weighted by molar-refractivity contribution is -0.142. The molecule has 33 heavy (non-hydrogen) atoms. The molecule has 0 aliphatic carbocycles. The number of H-pyrrole nitrogens is 1. The summed E-state index contributed by atoms with van der Waals surface area (Å²) in [5.74, 6) is 0.373. The van der Waals surface area contributed by atoms with Crippen molar-refractivity contribution in [2.45, 2.75) is 12.8 Å². The molecule has 0 unspecified atom stereocenters. The maximum Gasteiger partial charge on any atom is 0.433 e. The summed E-state index contributed by atoms with van der Waals surface area (Å²) in [6, 6.07) is 10.1. The Kier molecular flexibility index (Phi) is 6.19. The molecule has 1 N–H and O–H groups in total. The molecule has 0 fully saturated rings. The Hall–Kier alpha value is -3.66. The standard InChI is InChI=1S/C22H15ClF4N4O2/c1-32-16-9-14(33-11-13-3-2-8-28-19(13)22(25,26)27)5-6-15(16)18-20(23)31-21(30-18)12-4-7-17(24)29-10-12/h2-10H,11H2,1H3,(H,30,31). The lowest BCUT2D eigenvalue weighted by Crippen LogP contribution is -2.13. The van der Waals surface area contributed by atoms with E-state index in [1.807, 2.05) is 0 Å². The maximum atomic E-state index is 13.1. The number of benzene rings is 1. The fraction of sp³-hybridized carbons (Fsp3) is 0.136. The SMILES string of the molecule is COc1cc(OCc2cccnc2C(F)(F)F)ccc1-c1nc(-c2ccc(F)nc2)[nH]c1Cl. The average molecular weight is 479 g/mol. The van der Waals surface area contributed by atoms with Crippen LogP contribution < -0.4 is 9.47 Å².